The predicted octanol–water partition coefficient (Wildman–Crippen LogP) is 1.76. The number of nitrogens with zero attached hydrogens (tertiary/aromatic N) is 1. The molecule has 1 amide bonds. The smallest absolute Gasteiger partial charge is 0.241 e. The van der Waals surface area contributed by atoms with E-state index in [4.69, 9.17) is 0 Å². The number of anilines is 1. The van der Waals surface area contributed by atoms with Gasteiger partial charge in [-0.05, 0) is 52.6 Å². The van der Waals surface area contributed by atoms with E-state index < -0.39 is 26.2 Å². The Labute approximate surface area is 135 Å². The fraction of sp³-hybridized carbons (Fsp3) is 0.714. The first kappa shape index (κ1) is 17.4. The Bertz CT molecular complexity index is 626. The van der Waals surface area contributed by atoms with E-state index in [1.54, 1.807) is 27.0 Å². The predicted molar refractivity (Wildman–Crippen MR) is 89.1 cm³/mol. The van der Waals surface area contributed by atoms with Crippen LogP contribution in [0.3, 0.4) is 0 Å². The van der Waals surface area contributed by atoms with Crippen molar-refractivity contribution < 1.29 is 13.2 Å². The number of hydrogen-bond donors (Lipinski definition) is 2. The molecule has 22 heavy (non-hydrogen) atoms. The fourth-order valence-corrected chi connectivity index (χ4v) is 4.04. The average Bonchev–Trinajstić information content (AvgIpc) is 2.86. The summed E-state index contributed by atoms with van der Waals surface area (Å²) in [5.41, 5.74) is 0. The van der Waals surface area contributed by atoms with Crippen molar-refractivity contribution >= 4 is 32.2 Å². The number of nitrogens with one attached hydrogen (secondary N) is 2. The van der Waals surface area contributed by atoms with Crippen LogP contribution in [0.25, 0.3) is 0 Å². The van der Waals surface area contributed by atoms with Crippen LogP contribution < -0.4 is 10.6 Å². The van der Waals surface area contributed by atoms with Gasteiger partial charge in [0.25, 0.3) is 0 Å². The van der Waals surface area contributed by atoms with Crippen LogP contribution in [-0.2, 0) is 14.6 Å². The lowest BCUT2D eigenvalue weighted by molar-refractivity contribution is -0.113. The molecule has 1 saturated heterocycles. The largest absolute Gasteiger partial charge is 0.317 e. The van der Waals surface area contributed by atoms with E-state index in [1.807, 2.05) is 0 Å². The Kier molecular flexibility index (Phi) is 5.24. The van der Waals surface area contributed by atoms with Crippen molar-refractivity contribution in [2.24, 2.45) is 0 Å². The molecule has 2 rings (SSSR count). The monoisotopic (exact) mass is 345 g/mol. The van der Waals surface area contributed by atoms with Gasteiger partial charge in [-0.3, -0.25) is 4.79 Å². The van der Waals surface area contributed by atoms with Crippen LogP contribution in [0.2, 0.25) is 0 Å². The van der Waals surface area contributed by atoms with Crippen molar-refractivity contribution in [3.8, 4) is 0 Å². The number of piperidine rings is 1. The first-order valence-corrected chi connectivity index (χ1v) is 9.84. The standard InChI is InChI=1S/C14H23N3O3S2/c1-14(2,3)22(19,20)9-12(18)17-13-16-8-11(21-13)10-4-6-15-7-5-10/h8,10,15H,4-7,9H2,1-3H3,(H,16,17,18). The minimum Gasteiger partial charge on any atom is -0.317 e. The second-order valence-electron chi connectivity index (χ2n) is 6.51. The normalized spacial score (nSPS) is 17.4. The zero-order valence-corrected chi connectivity index (χ0v) is 14.8. The summed E-state index contributed by atoms with van der Waals surface area (Å²) in [7, 11) is -3.47. The Morgan fingerprint density at radius 1 is 1.41 bits per heavy atom. The summed E-state index contributed by atoms with van der Waals surface area (Å²) in [6, 6.07) is 0. The molecule has 6 nitrogen and oxygen atoms in total. The molecule has 0 saturated carbocycles. The van der Waals surface area contributed by atoms with Crippen molar-refractivity contribution in [2.45, 2.75) is 44.3 Å². The highest BCUT2D eigenvalue weighted by atomic mass is 32.2. The highest BCUT2D eigenvalue weighted by Crippen LogP contribution is 2.31. The second kappa shape index (κ2) is 6.64. The summed E-state index contributed by atoms with van der Waals surface area (Å²) >= 11 is 1.44. The molecule has 2 N–H and O–H groups in total. The lowest BCUT2D eigenvalue weighted by atomic mass is 9.97. The molecule has 8 heteroatoms. The van der Waals surface area contributed by atoms with Crippen molar-refractivity contribution in [1.82, 2.24) is 10.3 Å². The summed E-state index contributed by atoms with van der Waals surface area (Å²) in [5, 5.41) is 6.39. The maximum atomic E-state index is 12.0. The molecule has 0 bridgehead atoms. The van der Waals surface area contributed by atoms with Crippen LogP contribution in [0, 0.1) is 0 Å². The van der Waals surface area contributed by atoms with E-state index in [0.717, 1.165) is 30.8 Å². The molecule has 0 spiro atoms. The zero-order chi connectivity index (χ0) is 16.4. The van der Waals surface area contributed by atoms with Crippen molar-refractivity contribution in [3.63, 3.8) is 0 Å². The van der Waals surface area contributed by atoms with Gasteiger partial charge in [0.05, 0.1) is 4.75 Å². The van der Waals surface area contributed by atoms with Crippen LogP contribution in [0.4, 0.5) is 5.13 Å². The van der Waals surface area contributed by atoms with Gasteiger partial charge in [0, 0.05) is 11.1 Å². The number of carbonyl (C=O) groups excluding carboxylic acids is 1. The SMILES string of the molecule is CC(C)(C)S(=O)(=O)CC(=O)Nc1ncc(C2CCNCC2)s1. The van der Waals surface area contributed by atoms with Crippen molar-refractivity contribution in [3.05, 3.63) is 11.1 Å². The molecule has 1 fully saturated rings. The number of sulfone groups is 1. The molecular formula is C14H23N3O3S2. The molecule has 1 aromatic rings. The second-order valence-corrected chi connectivity index (χ2v) is 10.3. The van der Waals surface area contributed by atoms with Gasteiger partial charge < -0.3 is 10.6 Å². The van der Waals surface area contributed by atoms with Crippen LogP contribution >= 0.6 is 11.3 Å². The van der Waals surface area contributed by atoms with Crippen molar-refractivity contribution in [2.75, 3.05) is 24.2 Å². The molecule has 1 aromatic heterocycles. The van der Waals surface area contributed by atoms with Gasteiger partial charge in [-0.2, -0.15) is 0 Å². The molecule has 1 aliphatic rings. The van der Waals surface area contributed by atoms with Gasteiger partial charge in [-0.25, -0.2) is 13.4 Å². The maximum absolute atomic E-state index is 12.0. The van der Waals surface area contributed by atoms with Gasteiger partial charge in [0.2, 0.25) is 5.91 Å². The van der Waals surface area contributed by atoms with Crippen LogP contribution in [-0.4, -0.2) is 42.9 Å². The highest BCUT2D eigenvalue weighted by molar-refractivity contribution is 7.93. The summed E-state index contributed by atoms with van der Waals surface area (Å²) < 4.78 is 23.1. The molecule has 124 valence electrons. The molecule has 1 aliphatic heterocycles. The average molecular weight is 345 g/mol. The number of rotatable bonds is 4. The highest BCUT2D eigenvalue weighted by Gasteiger charge is 2.31. The first-order chi connectivity index (χ1) is 10.2. The molecule has 0 aromatic carbocycles. The van der Waals surface area contributed by atoms with Crippen LogP contribution in [0.15, 0.2) is 6.20 Å². The Balaban J connectivity index is 1.96. The van der Waals surface area contributed by atoms with Crippen LogP contribution in [0.1, 0.15) is 44.4 Å². The third kappa shape index (κ3) is 4.27. The summed E-state index contributed by atoms with van der Waals surface area (Å²) in [4.78, 5) is 17.3. The Morgan fingerprint density at radius 3 is 2.64 bits per heavy atom. The molecule has 0 unspecified atom stereocenters. The van der Waals surface area contributed by atoms with Gasteiger partial charge in [-0.1, -0.05) is 0 Å². The molecule has 0 radical (unpaired) electrons. The van der Waals surface area contributed by atoms with E-state index >= 15 is 0 Å². The molecule has 2 heterocycles. The Hall–Kier alpha value is -0.990. The summed E-state index contributed by atoms with van der Waals surface area (Å²) in [6.07, 6.45) is 3.91. The Morgan fingerprint density at radius 2 is 2.05 bits per heavy atom. The number of amides is 1. The van der Waals surface area contributed by atoms with Gasteiger partial charge in [0.1, 0.15) is 5.75 Å². The van der Waals surface area contributed by atoms with Gasteiger partial charge >= 0.3 is 0 Å². The molecular weight excluding hydrogens is 322 g/mol. The van der Waals surface area contributed by atoms with E-state index in [2.05, 4.69) is 15.6 Å². The minimum atomic E-state index is -3.47. The zero-order valence-electron chi connectivity index (χ0n) is 13.2. The van der Waals surface area contributed by atoms with E-state index in [9.17, 15) is 13.2 Å². The molecule has 0 aliphatic carbocycles. The number of hydrogen-bond acceptors (Lipinski definition) is 6. The number of aromatic nitrogens is 1. The summed E-state index contributed by atoms with van der Waals surface area (Å²) in [6.45, 7) is 6.76. The van der Waals surface area contributed by atoms with Crippen molar-refractivity contribution in [1.29, 1.82) is 0 Å². The number of carbonyl (C=O) groups is 1. The fourth-order valence-electron chi connectivity index (χ4n) is 2.18. The number of thiazole rings is 1. The third-order valence-corrected chi connectivity index (χ3v) is 7.35. The molecule has 0 atom stereocenters. The van der Waals surface area contributed by atoms with Gasteiger partial charge in [0.15, 0.2) is 15.0 Å². The lowest BCUT2D eigenvalue weighted by Crippen LogP contribution is -2.35. The maximum Gasteiger partial charge on any atom is 0.241 e. The van der Waals surface area contributed by atoms with E-state index in [0.29, 0.717) is 11.0 Å². The summed E-state index contributed by atoms with van der Waals surface area (Å²) in [5.74, 6) is -0.567. The quantitative estimate of drug-likeness (QED) is 0.868. The van der Waals surface area contributed by atoms with Crippen LogP contribution in [0.5, 0.6) is 0 Å². The topological polar surface area (TPSA) is 88.2 Å². The van der Waals surface area contributed by atoms with E-state index in [1.165, 1.54) is 11.3 Å². The van der Waals surface area contributed by atoms with E-state index in [-0.39, 0.29) is 0 Å². The lowest BCUT2D eigenvalue weighted by Gasteiger charge is -2.20. The minimum absolute atomic E-state index is 0.475. The van der Waals surface area contributed by atoms with Gasteiger partial charge in [-0.15, -0.1) is 11.3 Å². The third-order valence-electron chi connectivity index (χ3n) is 3.77. The first-order valence-electron chi connectivity index (χ1n) is 7.37.